The molecule has 1 aromatic rings. The summed E-state index contributed by atoms with van der Waals surface area (Å²) in [5.74, 6) is -1.49. The number of primary amides is 1. The van der Waals surface area contributed by atoms with Crippen LogP contribution in [0, 0.1) is 6.92 Å². The van der Waals surface area contributed by atoms with E-state index in [-0.39, 0.29) is 11.1 Å². The molecule has 0 saturated heterocycles. The van der Waals surface area contributed by atoms with Gasteiger partial charge in [-0.15, -0.1) is 0 Å². The number of nitrogens with two attached hydrogens (primary N) is 1. The van der Waals surface area contributed by atoms with Crippen molar-refractivity contribution in [1.82, 2.24) is 0 Å². The zero-order valence-electron chi connectivity index (χ0n) is 8.40. The van der Waals surface area contributed by atoms with Gasteiger partial charge in [0.05, 0.1) is 12.7 Å². The Hall–Kier alpha value is -2.04. The molecule has 0 aromatic heterocycles. The second-order valence-electron chi connectivity index (χ2n) is 3.02. The molecule has 5 nitrogen and oxygen atoms in total. The van der Waals surface area contributed by atoms with Gasteiger partial charge in [0.25, 0.3) is 0 Å². The van der Waals surface area contributed by atoms with Crippen LogP contribution in [0.2, 0.25) is 0 Å². The highest BCUT2D eigenvalue weighted by Gasteiger charge is 2.15. The van der Waals surface area contributed by atoms with Crippen molar-refractivity contribution in [3.63, 3.8) is 0 Å². The van der Waals surface area contributed by atoms with Gasteiger partial charge in [-0.25, -0.2) is 4.79 Å². The van der Waals surface area contributed by atoms with Crippen LogP contribution in [0.4, 0.5) is 0 Å². The number of carbonyl (C=O) groups excluding carboxylic acids is 1. The van der Waals surface area contributed by atoms with Crippen LogP contribution in [0.5, 0.6) is 5.75 Å². The molecule has 1 rings (SSSR count). The highest BCUT2D eigenvalue weighted by atomic mass is 16.5. The summed E-state index contributed by atoms with van der Waals surface area (Å²) in [7, 11) is 1.39. The van der Waals surface area contributed by atoms with Crippen LogP contribution >= 0.6 is 0 Å². The average molecular weight is 209 g/mol. The zero-order valence-corrected chi connectivity index (χ0v) is 8.40. The largest absolute Gasteiger partial charge is 0.497 e. The molecule has 0 radical (unpaired) electrons. The summed E-state index contributed by atoms with van der Waals surface area (Å²) in [6.45, 7) is 1.53. The first-order chi connectivity index (χ1) is 6.97. The van der Waals surface area contributed by atoms with Gasteiger partial charge in [-0.3, -0.25) is 4.79 Å². The Balaban J connectivity index is 3.47. The van der Waals surface area contributed by atoms with Crippen molar-refractivity contribution >= 4 is 11.9 Å². The first-order valence-corrected chi connectivity index (χ1v) is 4.19. The smallest absolute Gasteiger partial charge is 0.336 e. The monoisotopic (exact) mass is 209 g/mol. The molecule has 0 spiro atoms. The molecule has 0 aliphatic carbocycles. The molecule has 0 saturated carbocycles. The van der Waals surface area contributed by atoms with Crippen molar-refractivity contribution in [2.24, 2.45) is 5.73 Å². The van der Waals surface area contributed by atoms with Gasteiger partial charge in [-0.2, -0.15) is 0 Å². The van der Waals surface area contributed by atoms with Crippen molar-refractivity contribution in [1.29, 1.82) is 0 Å². The first-order valence-electron chi connectivity index (χ1n) is 4.19. The number of carboxylic acid groups (broad SMARTS) is 1. The number of carboxylic acids is 1. The highest BCUT2D eigenvalue weighted by Crippen LogP contribution is 2.21. The third kappa shape index (κ3) is 2.07. The molecule has 5 heteroatoms. The van der Waals surface area contributed by atoms with E-state index in [0.29, 0.717) is 11.3 Å². The Labute approximate surface area is 86.5 Å². The number of hydrogen-bond acceptors (Lipinski definition) is 3. The van der Waals surface area contributed by atoms with Crippen molar-refractivity contribution in [3.8, 4) is 5.75 Å². The lowest BCUT2D eigenvalue weighted by molar-refractivity contribution is 0.0695. The van der Waals surface area contributed by atoms with E-state index in [1.165, 1.54) is 26.2 Å². The molecular formula is C10H11NO4. The van der Waals surface area contributed by atoms with Gasteiger partial charge in [0, 0.05) is 5.56 Å². The van der Waals surface area contributed by atoms with Gasteiger partial charge in [0.2, 0.25) is 5.91 Å². The second-order valence-corrected chi connectivity index (χ2v) is 3.02. The lowest BCUT2D eigenvalue weighted by Crippen LogP contribution is -2.15. The molecule has 0 bridgehead atoms. The first kappa shape index (κ1) is 11.0. The Bertz CT molecular complexity index is 390. The molecule has 1 aromatic carbocycles. The van der Waals surface area contributed by atoms with Crippen LogP contribution in [-0.2, 0) is 0 Å². The van der Waals surface area contributed by atoms with Crippen molar-refractivity contribution < 1.29 is 19.4 Å². The van der Waals surface area contributed by atoms with Gasteiger partial charge >= 0.3 is 5.97 Å². The van der Waals surface area contributed by atoms with Gasteiger partial charge < -0.3 is 15.6 Å². The van der Waals surface area contributed by atoms with E-state index in [2.05, 4.69) is 0 Å². The fourth-order valence-electron chi connectivity index (χ4n) is 1.28. The van der Waals surface area contributed by atoms with Gasteiger partial charge in [0.1, 0.15) is 5.75 Å². The maximum atomic E-state index is 11.0. The third-order valence-electron chi connectivity index (χ3n) is 2.11. The van der Waals surface area contributed by atoms with E-state index in [1.807, 2.05) is 0 Å². The molecule has 80 valence electrons. The molecule has 0 aliphatic rings. The molecule has 0 atom stereocenters. The van der Waals surface area contributed by atoms with Gasteiger partial charge in [-0.05, 0) is 24.6 Å². The van der Waals surface area contributed by atoms with E-state index in [0.717, 1.165) is 0 Å². The zero-order chi connectivity index (χ0) is 11.6. The van der Waals surface area contributed by atoms with Crippen molar-refractivity contribution in [2.45, 2.75) is 6.92 Å². The van der Waals surface area contributed by atoms with Crippen LogP contribution in [0.15, 0.2) is 12.1 Å². The fourth-order valence-corrected chi connectivity index (χ4v) is 1.28. The maximum Gasteiger partial charge on any atom is 0.336 e. The van der Waals surface area contributed by atoms with Crippen LogP contribution < -0.4 is 10.5 Å². The van der Waals surface area contributed by atoms with Crippen molar-refractivity contribution in [3.05, 3.63) is 28.8 Å². The predicted octanol–water partition coefficient (Wildman–Crippen LogP) is 0.801. The van der Waals surface area contributed by atoms with E-state index in [4.69, 9.17) is 15.6 Å². The Kier molecular flexibility index (Phi) is 2.94. The number of aromatic carboxylic acids is 1. The SMILES string of the molecule is COc1cc(C(N)=O)c(C)c(C(=O)O)c1. The highest BCUT2D eigenvalue weighted by molar-refractivity contribution is 5.99. The number of rotatable bonds is 3. The quantitative estimate of drug-likeness (QED) is 0.770. The molecule has 0 fully saturated rings. The summed E-state index contributed by atoms with van der Waals surface area (Å²) in [4.78, 5) is 21.9. The minimum Gasteiger partial charge on any atom is -0.497 e. The van der Waals surface area contributed by atoms with Crippen molar-refractivity contribution in [2.75, 3.05) is 7.11 Å². The number of ether oxygens (including phenoxy) is 1. The third-order valence-corrected chi connectivity index (χ3v) is 2.11. The number of amides is 1. The summed E-state index contributed by atoms with van der Waals surface area (Å²) in [5.41, 5.74) is 5.64. The molecule has 15 heavy (non-hydrogen) atoms. The van der Waals surface area contributed by atoms with E-state index in [1.54, 1.807) is 0 Å². The van der Waals surface area contributed by atoms with Crippen LogP contribution in [0.3, 0.4) is 0 Å². The lowest BCUT2D eigenvalue weighted by Gasteiger charge is -2.08. The van der Waals surface area contributed by atoms with Crippen LogP contribution in [-0.4, -0.2) is 24.1 Å². The summed E-state index contributed by atoms with van der Waals surface area (Å²) < 4.78 is 4.88. The average Bonchev–Trinajstić information content (AvgIpc) is 2.17. The Morgan fingerprint density at radius 1 is 1.33 bits per heavy atom. The predicted molar refractivity (Wildman–Crippen MR) is 53.2 cm³/mol. The normalized spacial score (nSPS) is 9.73. The number of methoxy groups -OCH3 is 1. The molecule has 0 heterocycles. The molecule has 3 N–H and O–H groups in total. The summed E-state index contributed by atoms with van der Waals surface area (Å²) in [5, 5.41) is 8.88. The lowest BCUT2D eigenvalue weighted by atomic mass is 10.0. The van der Waals surface area contributed by atoms with Crippen LogP contribution in [0.25, 0.3) is 0 Å². The number of carbonyl (C=O) groups is 2. The van der Waals surface area contributed by atoms with E-state index >= 15 is 0 Å². The second kappa shape index (κ2) is 4.00. The Morgan fingerprint density at radius 3 is 2.27 bits per heavy atom. The minimum absolute atomic E-state index is 0.0168. The summed E-state index contributed by atoms with van der Waals surface area (Å²) >= 11 is 0. The fraction of sp³-hybridized carbons (Fsp3) is 0.200. The van der Waals surface area contributed by atoms with E-state index < -0.39 is 11.9 Å². The van der Waals surface area contributed by atoms with E-state index in [9.17, 15) is 9.59 Å². The van der Waals surface area contributed by atoms with Gasteiger partial charge in [-0.1, -0.05) is 0 Å². The summed E-state index contributed by atoms with van der Waals surface area (Å²) in [6, 6.07) is 2.77. The molecule has 0 unspecified atom stereocenters. The number of benzene rings is 1. The number of hydrogen-bond donors (Lipinski definition) is 2. The Morgan fingerprint density at radius 2 is 1.87 bits per heavy atom. The van der Waals surface area contributed by atoms with Crippen LogP contribution in [0.1, 0.15) is 26.3 Å². The minimum atomic E-state index is -1.12. The van der Waals surface area contributed by atoms with Gasteiger partial charge in [0.15, 0.2) is 0 Å². The maximum absolute atomic E-state index is 11.0. The topological polar surface area (TPSA) is 89.6 Å². The molecule has 1 amide bonds. The molecule has 0 aliphatic heterocycles. The standard InChI is InChI=1S/C10H11NO4/c1-5-7(9(11)12)3-6(15-2)4-8(5)10(13)14/h3-4H,1-2H3,(H2,11,12)(H,13,14). The molecular weight excluding hydrogens is 198 g/mol. The summed E-state index contributed by atoms with van der Waals surface area (Å²) in [6.07, 6.45) is 0.